The number of piperidine rings is 1. The molecule has 1 aromatic carbocycles. The molecular weight excluding hydrogens is 462 g/mol. The second-order valence-corrected chi connectivity index (χ2v) is 11.6. The standard InChI is InChI=1S/C20H20ClN3O3S3/c21-17-5-2-1-4-15(17)12-16-13-22-20(29-16)23-19(25)14-7-9-24(10-8-14)30(26,27)18-6-3-11-28-18/h1-6,11,13-14H,7-10,12H2,(H,22,23,25). The summed E-state index contributed by atoms with van der Waals surface area (Å²) in [7, 11) is -3.46. The van der Waals surface area contributed by atoms with E-state index >= 15 is 0 Å². The van der Waals surface area contributed by atoms with Gasteiger partial charge in [0.05, 0.1) is 0 Å². The molecule has 0 spiro atoms. The van der Waals surface area contributed by atoms with Crippen LogP contribution in [0.3, 0.4) is 0 Å². The Labute approximate surface area is 188 Å². The van der Waals surface area contributed by atoms with Crippen LogP contribution in [0.4, 0.5) is 5.13 Å². The van der Waals surface area contributed by atoms with Gasteiger partial charge in [0.2, 0.25) is 5.91 Å². The van der Waals surface area contributed by atoms with Crippen molar-refractivity contribution in [2.24, 2.45) is 5.92 Å². The SMILES string of the molecule is O=C(Nc1ncc(Cc2ccccc2Cl)s1)C1CCN(S(=O)(=O)c2cccs2)CC1. The third-order valence-corrected chi connectivity index (χ3v) is 9.57. The van der Waals surface area contributed by atoms with Crippen molar-refractivity contribution in [3.8, 4) is 0 Å². The average Bonchev–Trinajstić information content (AvgIpc) is 3.43. The quantitative estimate of drug-likeness (QED) is 0.562. The summed E-state index contributed by atoms with van der Waals surface area (Å²) in [6.07, 6.45) is 3.40. The van der Waals surface area contributed by atoms with Crippen LogP contribution < -0.4 is 5.32 Å². The number of sulfonamides is 1. The number of thiophene rings is 1. The molecule has 3 aromatic rings. The van der Waals surface area contributed by atoms with Gasteiger partial charge >= 0.3 is 0 Å². The molecule has 1 amide bonds. The Morgan fingerprint density at radius 1 is 1.20 bits per heavy atom. The molecule has 6 nitrogen and oxygen atoms in total. The van der Waals surface area contributed by atoms with E-state index in [2.05, 4.69) is 10.3 Å². The monoisotopic (exact) mass is 481 g/mol. The van der Waals surface area contributed by atoms with E-state index in [1.807, 2.05) is 24.3 Å². The normalized spacial score (nSPS) is 15.9. The summed E-state index contributed by atoms with van der Waals surface area (Å²) in [6.45, 7) is 0.682. The topological polar surface area (TPSA) is 79.4 Å². The van der Waals surface area contributed by atoms with Crippen LogP contribution in [0.2, 0.25) is 5.02 Å². The molecule has 3 heterocycles. The summed E-state index contributed by atoms with van der Waals surface area (Å²) in [5, 5.41) is 5.89. The number of hydrogen-bond acceptors (Lipinski definition) is 6. The fourth-order valence-corrected chi connectivity index (χ4v) is 7.04. The van der Waals surface area contributed by atoms with Crippen molar-refractivity contribution in [1.29, 1.82) is 0 Å². The van der Waals surface area contributed by atoms with Gasteiger partial charge < -0.3 is 5.32 Å². The van der Waals surface area contributed by atoms with Crippen molar-refractivity contribution in [3.05, 3.63) is 63.4 Å². The molecule has 0 bridgehead atoms. The Morgan fingerprint density at radius 2 is 1.97 bits per heavy atom. The van der Waals surface area contributed by atoms with Crippen molar-refractivity contribution in [2.75, 3.05) is 18.4 Å². The van der Waals surface area contributed by atoms with Crippen LogP contribution in [-0.4, -0.2) is 36.7 Å². The van der Waals surface area contributed by atoms with Gasteiger partial charge in [-0.15, -0.1) is 22.7 Å². The van der Waals surface area contributed by atoms with Crippen LogP contribution in [0.5, 0.6) is 0 Å². The van der Waals surface area contributed by atoms with Crippen molar-refractivity contribution in [1.82, 2.24) is 9.29 Å². The highest BCUT2D eigenvalue weighted by Crippen LogP contribution is 2.28. The molecule has 30 heavy (non-hydrogen) atoms. The Hall–Kier alpha value is -1.78. The lowest BCUT2D eigenvalue weighted by Gasteiger charge is -2.29. The first-order valence-corrected chi connectivity index (χ1v) is 13.0. The number of carbonyl (C=O) groups is 1. The van der Waals surface area contributed by atoms with Crippen molar-refractivity contribution >= 4 is 55.3 Å². The molecule has 2 aromatic heterocycles. The Morgan fingerprint density at radius 3 is 2.67 bits per heavy atom. The first kappa shape index (κ1) is 21.5. The maximum atomic E-state index is 12.6. The van der Waals surface area contributed by atoms with Gasteiger partial charge in [-0.1, -0.05) is 35.9 Å². The highest BCUT2D eigenvalue weighted by Gasteiger charge is 2.32. The summed E-state index contributed by atoms with van der Waals surface area (Å²) in [4.78, 5) is 18.0. The smallest absolute Gasteiger partial charge is 0.252 e. The van der Waals surface area contributed by atoms with Gasteiger partial charge in [-0.25, -0.2) is 13.4 Å². The average molecular weight is 482 g/mol. The Kier molecular flexibility index (Phi) is 6.54. The number of benzene rings is 1. The molecule has 1 saturated heterocycles. The highest BCUT2D eigenvalue weighted by molar-refractivity contribution is 7.91. The fraction of sp³-hybridized carbons (Fsp3) is 0.300. The van der Waals surface area contributed by atoms with Crippen LogP contribution in [-0.2, 0) is 21.2 Å². The van der Waals surface area contributed by atoms with Gasteiger partial charge in [0.25, 0.3) is 10.0 Å². The zero-order valence-electron chi connectivity index (χ0n) is 16.0. The van der Waals surface area contributed by atoms with E-state index < -0.39 is 10.0 Å². The third kappa shape index (κ3) is 4.76. The number of amides is 1. The maximum absolute atomic E-state index is 12.6. The highest BCUT2D eigenvalue weighted by atomic mass is 35.5. The first-order chi connectivity index (χ1) is 14.4. The molecule has 1 aliphatic heterocycles. The minimum Gasteiger partial charge on any atom is -0.302 e. The lowest BCUT2D eigenvalue weighted by atomic mass is 9.97. The fourth-order valence-electron chi connectivity index (χ4n) is 3.38. The number of aromatic nitrogens is 1. The maximum Gasteiger partial charge on any atom is 0.252 e. The van der Waals surface area contributed by atoms with Crippen molar-refractivity contribution in [3.63, 3.8) is 0 Å². The number of hydrogen-bond donors (Lipinski definition) is 1. The van der Waals surface area contributed by atoms with Gasteiger partial charge in [-0.3, -0.25) is 4.79 Å². The molecule has 10 heteroatoms. The molecule has 1 fully saturated rings. The lowest BCUT2D eigenvalue weighted by Crippen LogP contribution is -2.41. The molecule has 158 valence electrons. The van der Waals surface area contributed by atoms with E-state index in [-0.39, 0.29) is 11.8 Å². The lowest BCUT2D eigenvalue weighted by molar-refractivity contribution is -0.120. The van der Waals surface area contributed by atoms with E-state index in [0.717, 1.165) is 10.4 Å². The summed E-state index contributed by atoms with van der Waals surface area (Å²) in [5.41, 5.74) is 1.01. The number of nitrogens with zero attached hydrogens (tertiary/aromatic N) is 2. The number of nitrogens with one attached hydrogen (secondary N) is 1. The number of carbonyl (C=O) groups excluding carboxylic acids is 1. The van der Waals surface area contributed by atoms with Gasteiger partial charge in [0.15, 0.2) is 5.13 Å². The predicted molar refractivity (Wildman–Crippen MR) is 121 cm³/mol. The van der Waals surface area contributed by atoms with E-state index in [4.69, 9.17) is 11.6 Å². The largest absolute Gasteiger partial charge is 0.302 e. The number of thiazole rings is 1. The van der Waals surface area contributed by atoms with Gasteiger partial charge in [-0.05, 0) is 35.9 Å². The second kappa shape index (κ2) is 9.15. The first-order valence-electron chi connectivity index (χ1n) is 9.46. The molecule has 1 aliphatic rings. The van der Waals surface area contributed by atoms with E-state index in [1.54, 1.807) is 23.7 Å². The zero-order chi connectivity index (χ0) is 21.1. The summed E-state index contributed by atoms with van der Waals surface area (Å²) >= 11 is 8.85. The van der Waals surface area contributed by atoms with Crippen molar-refractivity contribution < 1.29 is 13.2 Å². The van der Waals surface area contributed by atoms with Crippen molar-refractivity contribution in [2.45, 2.75) is 23.5 Å². The molecule has 0 saturated carbocycles. The number of halogens is 1. The van der Waals surface area contributed by atoms with Crippen LogP contribution >= 0.6 is 34.3 Å². The van der Waals surface area contributed by atoms with E-state index in [9.17, 15) is 13.2 Å². The van der Waals surface area contributed by atoms with Gasteiger partial charge in [-0.2, -0.15) is 4.31 Å². The predicted octanol–water partition coefficient (Wildman–Crippen LogP) is 4.49. The van der Waals surface area contributed by atoms with Crippen LogP contribution in [0.15, 0.2) is 52.2 Å². The molecule has 4 rings (SSSR count). The summed E-state index contributed by atoms with van der Waals surface area (Å²) < 4.78 is 27.0. The minimum absolute atomic E-state index is 0.109. The van der Waals surface area contributed by atoms with Crippen LogP contribution in [0.1, 0.15) is 23.3 Å². The number of anilines is 1. The van der Waals surface area contributed by atoms with E-state index in [1.165, 1.54) is 27.0 Å². The zero-order valence-corrected chi connectivity index (χ0v) is 19.2. The molecule has 0 aliphatic carbocycles. The van der Waals surface area contributed by atoms with Crippen LogP contribution in [0.25, 0.3) is 0 Å². The molecular formula is C20H20ClN3O3S3. The molecule has 0 radical (unpaired) electrons. The second-order valence-electron chi connectivity index (χ2n) is 7.00. The summed E-state index contributed by atoms with van der Waals surface area (Å²) in [5.74, 6) is -0.336. The van der Waals surface area contributed by atoms with Crippen LogP contribution in [0, 0.1) is 5.92 Å². The molecule has 0 atom stereocenters. The van der Waals surface area contributed by atoms with E-state index in [0.29, 0.717) is 46.7 Å². The number of rotatable bonds is 6. The minimum atomic E-state index is -3.46. The third-order valence-electron chi connectivity index (χ3n) is 5.02. The van der Waals surface area contributed by atoms with Gasteiger partial charge in [0, 0.05) is 41.5 Å². The Balaban J connectivity index is 1.32. The van der Waals surface area contributed by atoms with Gasteiger partial charge in [0.1, 0.15) is 4.21 Å². The molecule has 0 unspecified atom stereocenters. The summed E-state index contributed by atoms with van der Waals surface area (Å²) in [6, 6.07) is 11.0. The molecule has 1 N–H and O–H groups in total. The Bertz CT molecular complexity index is 1120.